The number of benzene rings is 3. The number of carbonyl (C=O) groups excluding carboxylic acids is 2. The van der Waals surface area contributed by atoms with Crippen LogP contribution in [0.25, 0.3) is 0 Å². The summed E-state index contributed by atoms with van der Waals surface area (Å²) in [4.78, 5) is 33.8. The molecule has 3 aromatic carbocycles. The number of cyclic esters (lactones) is 1. The van der Waals surface area contributed by atoms with E-state index in [1.54, 1.807) is 4.90 Å². The molecule has 6 nitrogen and oxygen atoms in total. The minimum Gasteiger partial charge on any atom is -0.462 e. The van der Waals surface area contributed by atoms with Crippen LogP contribution in [0.2, 0.25) is 0 Å². The molecule has 6 heteroatoms. The van der Waals surface area contributed by atoms with E-state index < -0.39 is 0 Å². The average Bonchev–Trinajstić information content (AvgIpc) is 2.96. The highest BCUT2D eigenvalue weighted by atomic mass is 16.6. The number of fused-ring (bicyclic) bond motifs is 1. The molecule has 3 aromatic rings. The van der Waals surface area contributed by atoms with Gasteiger partial charge in [-0.05, 0) is 61.4 Å². The van der Waals surface area contributed by atoms with Crippen molar-refractivity contribution in [3.8, 4) is 0 Å². The van der Waals surface area contributed by atoms with Crippen LogP contribution in [0.3, 0.4) is 0 Å². The van der Waals surface area contributed by atoms with Crippen molar-refractivity contribution in [3.05, 3.63) is 130 Å². The lowest BCUT2D eigenvalue weighted by Crippen LogP contribution is -2.32. The van der Waals surface area contributed by atoms with Crippen LogP contribution in [0.1, 0.15) is 57.4 Å². The first-order chi connectivity index (χ1) is 20.0. The van der Waals surface area contributed by atoms with Crippen molar-refractivity contribution in [1.82, 2.24) is 4.90 Å². The van der Waals surface area contributed by atoms with E-state index in [0.29, 0.717) is 43.8 Å². The monoisotopic (exact) mass is 550 g/mol. The van der Waals surface area contributed by atoms with Crippen molar-refractivity contribution in [2.75, 3.05) is 13.2 Å². The Morgan fingerprint density at radius 2 is 1.51 bits per heavy atom. The van der Waals surface area contributed by atoms with E-state index in [9.17, 15) is 9.59 Å². The SMILES string of the molecule is Cc1cc(C)c2c(c1)CC(=N\OCC(=O)N(Cc1ccccc1)Cc1ccccc1)/C=C/CC/C=C/CCOC2=O. The third-order valence-corrected chi connectivity index (χ3v) is 6.79. The van der Waals surface area contributed by atoms with Gasteiger partial charge in [0.25, 0.3) is 5.91 Å². The van der Waals surface area contributed by atoms with E-state index in [0.717, 1.165) is 40.7 Å². The largest absolute Gasteiger partial charge is 0.462 e. The predicted molar refractivity (Wildman–Crippen MR) is 163 cm³/mol. The van der Waals surface area contributed by atoms with Gasteiger partial charge in [-0.2, -0.15) is 0 Å². The number of hydrogen-bond donors (Lipinski definition) is 0. The zero-order chi connectivity index (χ0) is 28.9. The summed E-state index contributed by atoms with van der Waals surface area (Å²) in [5.74, 6) is -0.493. The summed E-state index contributed by atoms with van der Waals surface area (Å²) in [7, 11) is 0. The van der Waals surface area contributed by atoms with Crippen LogP contribution < -0.4 is 0 Å². The first kappa shape index (κ1) is 29.5. The van der Waals surface area contributed by atoms with Crippen molar-refractivity contribution in [2.45, 2.75) is 52.6 Å². The van der Waals surface area contributed by atoms with Crippen LogP contribution in [0.5, 0.6) is 0 Å². The van der Waals surface area contributed by atoms with Crippen molar-refractivity contribution in [3.63, 3.8) is 0 Å². The number of rotatable bonds is 7. The maximum absolute atomic E-state index is 13.3. The number of carbonyl (C=O) groups is 2. The minimum atomic E-state index is -0.333. The highest BCUT2D eigenvalue weighted by Gasteiger charge is 2.19. The minimum absolute atomic E-state index is 0.160. The van der Waals surface area contributed by atoms with Crippen LogP contribution in [0.4, 0.5) is 0 Å². The summed E-state index contributed by atoms with van der Waals surface area (Å²) in [6.07, 6.45) is 10.9. The second kappa shape index (κ2) is 15.4. The van der Waals surface area contributed by atoms with Crippen LogP contribution >= 0.6 is 0 Å². The molecule has 0 radical (unpaired) electrons. The van der Waals surface area contributed by atoms with Gasteiger partial charge >= 0.3 is 5.97 Å². The number of oxime groups is 1. The lowest BCUT2D eigenvalue weighted by molar-refractivity contribution is -0.137. The van der Waals surface area contributed by atoms with E-state index in [1.807, 2.05) is 98.8 Å². The third-order valence-electron chi connectivity index (χ3n) is 6.79. The Morgan fingerprint density at radius 3 is 2.20 bits per heavy atom. The van der Waals surface area contributed by atoms with Crippen LogP contribution in [0.15, 0.2) is 102 Å². The molecule has 0 aliphatic carbocycles. The second-order valence-electron chi connectivity index (χ2n) is 10.2. The third kappa shape index (κ3) is 9.31. The fraction of sp³-hybridized carbons (Fsp3) is 0.286. The van der Waals surface area contributed by atoms with Crippen molar-refractivity contribution >= 4 is 17.6 Å². The molecular weight excluding hydrogens is 512 g/mol. The molecule has 1 aliphatic heterocycles. The van der Waals surface area contributed by atoms with Gasteiger partial charge in [-0.1, -0.05) is 102 Å². The Hall–Kier alpha value is -4.45. The van der Waals surface area contributed by atoms with Crippen LogP contribution in [-0.2, 0) is 33.9 Å². The fourth-order valence-electron chi connectivity index (χ4n) is 4.84. The first-order valence-corrected chi connectivity index (χ1v) is 14.1. The van der Waals surface area contributed by atoms with Crippen molar-refractivity contribution in [2.24, 2.45) is 5.16 Å². The summed E-state index contributed by atoms with van der Waals surface area (Å²) in [5.41, 5.74) is 6.02. The van der Waals surface area contributed by atoms with E-state index in [2.05, 4.69) is 17.3 Å². The summed E-state index contributed by atoms with van der Waals surface area (Å²) < 4.78 is 5.58. The molecule has 4 rings (SSSR count). The number of aryl methyl sites for hydroxylation is 2. The summed E-state index contributed by atoms with van der Waals surface area (Å²) in [6, 6.07) is 23.8. The van der Waals surface area contributed by atoms with Crippen molar-refractivity contribution < 1.29 is 19.2 Å². The maximum atomic E-state index is 13.3. The normalized spacial score (nSPS) is 16.6. The van der Waals surface area contributed by atoms with Crippen LogP contribution in [-0.4, -0.2) is 35.7 Å². The van der Waals surface area contributed by atoms with Gasteiger partial charge in [0.15, 0.2) is 6.61 Å². The number of ether oxygens (including phenoxy) is 1. The molecule has 0 atom stereocenters. The zero-order valence-electron chi connectivity index (χ0n) is 23.9. The standard InChI is InChI=1S/C35H38N2O4/c1-27-21-28(2)34-31(22-27)23-32(19-13-5-3-4-6-14-20-40-35(34)39)36-41-26-33(38)37(24-29-15-9-7-10-16-29)25-30-17-11-8-12-18-30/h4,6-13,15-19,21-22H,3,5,14,20,23-26H2,1-2H3/b6-4+,19-13+,36-32-. The number of allylic oxidation sites excluding steroid dienone is 3. The molecular formula is C35H38N2O4. The molecule has 1 amide bonds. The van der Waals surface area contributed by atoms with Gasteiger partial charge in [0.1, 0.15) is 0 Å². The van der Waals surface area contributed by atoms with Gasteiger partial charge < -0.3 is 14.5 Å². The number of amides is 1. The first-order valence-electron chi connectivity index (χ1n) is 14.1. The molecule has 1 aliphatic rings. The number of nitrogens with zero attached hydrogens (tertiary/aromatic N) is 2. The molecule has 0 bridgehead atoms. The summed E-state index contributed by atoms with van der Waals surface area (Å²) in [5, 5.41) is 4.39. The molecule has 0 spiro atoms. The lowest BCUT2D eigenvalue weighted by Gasteiger charge is -2.22. The Morgan fingerprint density at radius 1 is 0.878 bits per heavy atom. The number of esters is 1. The van der Waals surface area contributed by atoms with Gasteiger partial charge in [0.05, 0.1) is 17.9 Å². The van der Waals surface area contributed by atoms with E-state index in [1.165, 1.54) is 0 Å². The molecule has 212 valence electrons. The van der Waals surface area contributed by atoms with Crippen LogP contribution in [0, 0.1) is 13.8 Å². The molecule has 0 saturated heterocycles. The van der Waals surface area contributed by atoms with E-state index in [-0.39, 0.29) is 18.5 Å². The number of hydrogen-bond acceptors (Lipinski definition) is 5. The molecule has 0 fully saturated rings. The Labute approximate surface area is 243 Å². The quantitative estimate of drug-likeness (QED) is 0.182. The lowest BCUT2D eigenvalue weighted by atomic mass is 9.95. The van der Waals surface area contributed by atoms with Gasteiger partial charge in [-0.15, -0.1) is 0 Å². The Bertz CT molecular complexity index is 1350. The summed E-state index contributed by atoms with van der Waals surface area (Å²) >= 11 is 0. The van der Waals surface area contributed by atoms with Gasteiger partial charge in [0, 0.05) is 19.5 Å². The fourth-order valence-corrected chi connectivity index (χ4v) is 4.84. The molecule has 0 N–H and O–H groups in total. The summed E-state index contributed by atoms with van der Waals surface area (Å²) in [6.45, 7) is 5.01. The molecule has 0 unspecified atom stereocenters. The Balaban J connectivity index is 1.54. The molecule has 41 heavy (non-hydrogen) atoms. The maximum Gasteiger partial charge on any atom is 0.338 e. The molecule has 0 aromatic heterocycles. The molecule has 1 heterocycles. The van der Waals surface area contributed by atoms with E-state index in [4.69, 9.17) is 9.57 Å². The average molecular weight is 551 g/mol. The van der Waals surface area contributed by atoms with Crippen molar-refractivity contribution in [1.29, 1.82) is 0 Å². The van der Waals surface area contributed by atoms with Gasteiger partial charge in [-0.25, -0.2) is 4.79 Å². The zero-order valence-corrected chi connectivity index (χ0v) is 23.9. The topological polar surface area (TPSA) is 68.2 Å². The smallest absolute Gasteiger partial charge is 0.338 e. The second-order valence-corrected chi connectivity index (χ2v) is 10.2. The Kier molecular flexibility index (Phi) is 11.1. The highest BCUT2D eigenvalue weighted by molar-refractivity contribution is 6.00. The highest BCUT2D eigenvalue weighted by Crippen LogP contribution is 2.21. The molecule has 0 saturated carbocycles. The van der Waals surface area contributed by atoms with Gasteiger partial charge in [0.2, 0.25) is 0 Å². The van der Waals surface area contributed by atoms with Gasteiger partial charge in [-0.3, -0.25) is 4.79 Å². The van der Waals surface area contributed by atoms with E-state index >= 15 is 0 Å². The predicted octanol–water partition coefficient (Wildman–Crippen LogP) is 6.90.